The zero-order valence-electron chi connectivity index (χ0n) is 28.4. The van der Waals surface area contributed by atoms with Crippen LogP contribution in [-0.4, -0.2) is 0 Å². The van der Waals surface area contributed by atoms with Crippen LogP contribution in [0.1, 0.15) is 45.4 Å². The van der Waals surface area contributed by atoms with Gasteiger partial charge in [0.25, 0.3) is 0 Å². The minimum absolute atomic E-state index is 0.652. The van der Waals surface area contributed by atoms with Crippen molar-refractivity contribution >= 4 is 27.6 Å². The Kier molecular flexibility index (Phi) is 6.10. The first-order valence-electron chi connectivity index (χ1n) is 18.1. The Morgan fingerprint density at radius 1 is 0.519 bits per heavy atom. The second-order valence-electron chi connectivity index (χ2n) is 14.1. The lowest BCUT2D eigenvalue weighted by Gasteiger charge is -2.40. The number of allylic oxidation sites excluding steroid dienone is 1. The highest BCUT2D eigenvalue weighted by atomic mass is 16.5. The molecule has 2 heteroatoms. The maximum absolute atomic E-state index is 10.1. The molecule has 52 heavy (non-hydrogen) atoms. The van der Waals surface area contributed by atoms with E-state index in [1.807, 2.05) is 6.07 Å². The van der Waals surface area contributed by atoms with Crippen molar-refractivity contribution in [3.05, 3.63) is 197 Å². The van der Waals surface area contributed by atoms with E-state index in [-0.39, 0.29) is 0 Å². The molecule has 1 heterocycles. The Balaban J connectivity index is 1.27. The van der Waals surface area contributed by atoms with Crippen molar-refractivity contribution < 1.29 is 4.74 Å². The second kappa shape index (κ2) is 10.9. The maximum atomic E-state index is 10.1. The van der Waals surface area contributed by atoms with Crippen molar-refractivity contribution in [1.82, 2.24) is 0 Å². The summed E-state index contributed by atoms with van der Waals surface area (Å²) in [6, 6.07) is 57.0. The van der Waals surface area contributed by atoms with Gasteiger partial charge >= 0.3 is 0 Å². The van der Waals surface area contributed by atoms with Crippen molar-refractivity contribution in [3.8, 4) is 50.9 Å². The molecule has 11 rings (SSSR count). The summed E-state index contributed by atoms with van der Waals surface area (Å²) in [6.45, 7) is 0. The number of benzene rings is 8. The summed E-state index contributed by atoms with van der Waals surface area (Å²) in [7, 11) is 0. The summed E-state index contributed by atoms with van der Waals surface area (Å²) in [4.78, 5) is 0. The third-order valence-corrected chi connectivity index (χ3v) is 11.6. The number of rotatable bonds is 2. The summed E-state index contributed by atoms with van der Waals surface area (Å²) in [5, 5.41) is 15.0. The summed E-state index contributed by atoms with van der Waals surface area (Å²) in [6.07, 6.45) is 6.65. The van der Waals surface area contributed by atoms with Gasteiger partial charge in [-0.2, -0.15) is 5.26 Å². The minimum atomic E-state index is -0.666. The van der Waals surface area contributed by atoms with E-state index in [0.29, 0.717) is 5.56 Å². The predicted octanol–water partition coefficient (Wildman–Crippen LogP) is 12.6. The Hall–Kier alpha value is -6.69. The van der Waals surface area contributed by atoms with E-state index in [1.165, 1.54) is 60.5 Å². The zero-order chi connectivity index (χ0) is 34.4. The molecule has 0 radical (unpaired) electrons. The van der Waals surface area contributed by atoms with Gasteiger partial charge in [0.05, 0.1) is 17.0 Å². The quantitative estimate of drug-likeness (QED) is 0.173. The Morgan fingerprint density at radius 2 is 1.12 bits per heavy atom. The van der Waals surface area contributed by atoms with E-state index in [4.69, 9.17) is 4.74 Å². The van der Waals surface area contributed by atoms with Crippen molar-refractivity contribution in [3.63, 3.8) is 0 Å². The van der Waals surface area contributed by atoms with Gasteiger partial charge in [0.1, 0.15) is 11.5 Å². The first-order chi connectivity index (χ1) is 25.8. The van der Waals surface area contributed by atoms with Crippen molar-refractivity contribution in [1.29, 1.82) is 5.26 Å². The molecule has 1 unspecified atom stereocenters. The Labute approximate surface area is 302 Å². The standard InChI is InChI=1S/C50H31NO/c51-30-31-27-28-35-34-16-7-8-23-42(34)50(45(35)29-31)43-24-9-10-26-46(43)52-49-41(22-12-25-44(49)50)48-39-19-5-3-17-37(39)47(38-18-4-6-20-40(38)48)36-21-11-14-32-13-1-2-15-33(32)36/h1,3-14,16-29H,2,15H2. The van der Waals surface area contributed by atoms with Crippen LogP contribution in [-0.2, 0) is 11.8 Å². The van der Waals surface area contributed by atoms with E-state index in [9.17, 15) is 5.26 Å². The molecule has 242 valence electrons. The lowest BCUT2D eigenvalue weighted by atomic mass is 9.65. The van der Waals surface area contributed by atoms with Gasteiger partial charge in [0, 0.05) is 22.3 Å². The number of ether oxygens (including phenoxy) is 1. The van der Waals surface area contributed by atoms with Crippen molar-refractivity contribution in [2.75, 3.05) is 0 Å². The van der Waals surface area contributed by atoms with Gasteiger partial charge in [0.2, 0.25) is 0 Å². The Morgan fingerprint density at radius 3 is 1.88 bits per heavy atom. The smallest absolute Gasteiger partial charge is 0.140 e. The summed E-state index contributed by atoms with van der Waals surface area (Å²) < 4.78 is 7.15. The molecule has 0 bridgehead atoms. The number of hydrogen-bond donors (Lipinski definition) is 0. The minimum Gasteiger partial charge on any atom is -0.456 e. The predicted molar refractivity (Wildman–Crippen MR) is 212 cm³/mol. The van der Waals surface area contributed by atoms with Crippen LogP contribution in [0.3, 0.4) is 0 Å². The lowest BCUT2D eigenvalue weighted by molar-refractivity contribution is 0.438. The summed E-state index contributed by atoms with van der Waals surface area (Å²) in [5.74, 6) is 1.69. The van der Waals surface area contributed by atoms with Crippen LogP contribution in [0, 0.1) is 11.3 Å². The van der Waals surface area contributed by atoms with Gasteiger partial charge in [-0.1, -0.05) is 146 Å². The molecule has 3 aliphatic rings. The van der Waals surface area contributed by atoms with Crippen molar-refractivity contribution in [2.24, 2.45) is 0 Å². The molecule has 0 amide bonds. The molecule has 0 saturated carbocycles. The van der Waals surface area contributed by atoms with Crippen LogP contribution >= 0.6 is 0 Å². The summed E-state index contributed by atoms with van der Waals surface area (Å²) >= 11 is 0. The van der Waals surface area contributed by atoms with Gasteiger partial charge in [-0.15, -0.1) is 0 Å². The number of fused-ring (bicyclic) bond motifs is 12. The summed E-state index contributed by atoms with van der Waals surface area (Å²) in [5.41, 5.74) is 14.4. The highest BCUT2D eigenvalue weighted by molar-refractivity contribution is 6.22. The molecule has 0 aromatic heterocycles. The van der Waals surface area contributed by atoms with E-state index < -0.39 is 5.41 Å². The van der Waals surface area contributed by atoms with Crippen LogP contribution in [0.25, 0.3) is 61.0 Å². The highest BCUT2D eigenvalue weighted by Crippen LogP contribution is 2.64. The average molecular weight is 662 g/mol. The molecule has 0 N–H and O–H groups in total. The van der Waals surface area contributed by atoms with E-state index >= 15 is 0 Å². The molecular formula is C50H31NO. The van der Waals surface area contributed by atoms with Gasteiger partial charge in [0.15, 0.2) is 0 Å². The van der Waals surface area contributed by atoms with Crippen LogP contribution < -0.4 is 4.74 Å². The Bertz CT molecular complexity index is 2850. The van der Waals surface area contributed by atoms with Crippen molar-refractivity contribution in [2.45, 2.75) is 18.3 Å². The first-order valence-corrected chi connectivity index (χ1v) is 18.1. The molecule has 0 fully saturated rings. The van der Waals surface area contributed by atoms with Crippen LogP contribution in [0.15, 0.2) is 158 Å². The third kappa shape index (κ3) is 3.78. The molecule has 2 nitrogen and oxygen atoms in total. The molecule has 2 aliphatic carbocycles. The van der Waals surface area contributed by atoms with Gasteiger partial charge < -0.3 is 4.74 Å². The number of hydrogen-bond acceptors (Lipinski definition) is 2. The molecule has 8 aromatic carbocycles. The first kappa shape index (κ1) is 29.1. The zero-order valence-corrected chi connectivity index (χ0v) is 28.4. The fourth-order valence-electron chi connectivity index (χ4n) is 9.61. The number of nitriles is 1. The van der Waals surface area contributed by atoms with Crippen LogP contribution in [0.2, 0.25) is 0 Å². The fourth-order valence-corrected chi connectivity index (χ4v) is 9.61. The largest absolute Gasteiger partial charge is 0.456 e. The third-order valence-electron chi connectivity index (χ3n) is 11.6. The maximum Gasteiger partial charge on any atom is 0.140 e. The highest BCUT2D eigenvalue weighted by Gasteiger charge is 2.51. The van der Waals surface area contributed by atoms with E-state index in [1.54, 1.807) is 0 Å². The SMILES string of the molecule is N#Cc1ccc2c(c1)C1(c3ccccc3Oc3c(-c4c5ccccc5c(-c5cccc6c5CCC=C6)c5ccccc45)cccc31)c1ccccc1-2. The molecule has 1 spiro atoms. The molecule has 0 saturated heterocycles. The molecule has 1 aliphatic heterocycles. The van der Waals surface area contributed by atoms with E-state index in [0.717, 1.165) is 52.2 Å². The van der Waals surface area contributed by atoms with Gasteiger partial charge in [-0.3, -0.25) is 0 Å². The molecular weight excluding hydrogens is 631 g/mol. The number of para-hydroxylation sites is 2. The number of nitrogens with zero attached hydrogens (tertiary/aromatic N) is 1. The lowest BCUT2D eigenvalue weighted by Crippen LogP contribution is -2.32. The second-order valence-corrected chi connectivity index (χ2v) is 14.1. The van der Waals surface area contributed by atoms with Crippen LogP contribution in [0.5, 0.6) is 11.5 Å². The van der Waals surface area contributed by atoms with Gasteiger partial charge in [-0.05, 0) is 97.1 Å². The monoisotopic (exact) mass is 661 g/mol. The molecule has 8 aromatic rings. The fraction of sp³-hybridized carbons (Fsp3) is 0.0600. The normalized spacial score (nSPS) is 16.1. The van der Waals surface area contributed by atoms with E-state index in [2.05, 4.69) is 164 Å². The van der Waals surface area contributed by atoms with Crippen LogP contribution in [0.4, 0.5) is 0 Å². The molecule has 1 atom stereocenters. The topological polar surface area (TPSA) is 33.0 Å². The van der Waals surface area contributed by atoms with Gasteiger partial charge in [-0.25, -0.2) is 0 Å². The average Bonchev–Trinajstić information content (AvgIpc) is 3.49.